The van der Waals surface area contributed by atoms with Gasteiger partial charge >= 0.3 is 11.5 Å². The van der Waals surface area contributed by atoms with Crippen LogP contribution < -0.4 is 10.2 Å². The van der Waals surface area contributed by atoms with Crippen molar-refractivity contribution >= 4 is 41.1 Å². The third kappa shape index (κ3) is 5.31. The van der Waals surface area contributed by atoms with Gasteiger partial charge in [0.25, 0.3) is 5.91 Å². The van der Waals surface area contributed by atoms with Crippen molar-refractivity contribution < 1.29 is 27.6 Å². The smallest absolute Gasteiger partial charge is 0.310 e. The first-order valence-corrected chi connectivity index (χ1v) is 12.3. The highest BCUT2D eigenvalue weighted by Gasteiger charge is 2.65. The molecule has 1 saturated carbocycles. The summed E-state index contributed by atoms with van der Waals surface area (Å²) in [6.07, 6.45) is 2.71. The molecule has 2 aromatic carbocycles. The Labute approximate surface area is 214 Å². The SMILES string of the molecule is O=C(Cc1ccccc1)Nc1cc(CN2C(=O)N(c3ccc(SC(F)(F)F)cc3)C(=O)C23CC3)ccn1. The monoisotopic (exact) mass is 526 g/mol. The Balaban J connectivity index is 1.30. The van der Waals surface area contributed by atoms with Crippen molar-refractivity contribution in [1.82, 2.24) is 9.88 Å². The first-order chi connectivity index (χ1) is 17.6. The van der Waals surface area contributed by atoms with Crippen LogP contribution in [0.4, 0.5) is 29.5 Å². The quantitative estimate of drug-likeness (QED) is 0.330. The topological polar surface area (TPSA) is 82.6 Å². The predicted molar refractivity (Wildman–Crippen MR) is 132 cm³/mol. The number of hydrogen-bond acceptors (Lipinski definition) is 5. The van der Waals surface area contributed by atoms with E-state index >= 15 is 0 Å². The number of nitrogens with zero attached hydrogens (tertiary/aromatic N) is 3. The number of halogens is 3. The summed E-state index contributed by atoms with van der Waals surface area (Å²) in [5.74, 6) is -0.296. The molecule has 190 valence electrons. The lowest BCUT2D eigenvalue weighted by Crippen LogP contribution is -2.36. The highest BCUT2D eigenvalue weighted by molar-refractivity contribution is 8.00. The fraction of sp³-hybridized carbons (Fsp3) is 0.231. The van der Waals surface area contributed by atoms with E-state index in [1.807, 2.05) is 30.3 Å². The van der Waals surface area contributed by atoms with Crippen molar-refractivity contribution in [3.63, 3.8) is 0 Å². The number of carbonyl (C=O) groups excluding carboxylic acids is 3. The van der Waals surface area contributed by atoms with E-state index in [-0.39, 0.29) is 47.1 Å². The fourth-order valence-corrected chi connectivity index (χ4v) is 4.89. The van der Waals surface area contributed by atoms with Crippen LogP contribution in [0.15, 0.2) is 77.8 Å². The first kappa shape index (κ1) is 24.8. The zero-order valence-corrected chi connectivity index (χ0v) is 20.2. The molecule has 0 bridgehead atoms. The summed E-state index contributed by atoms with van der Waals surface area (Å²) in [4.78, 5) is 45.6. The molecule has 2 aliphatic rings. The molecular formula is C26H21F3N4O3S. The molecule has 1 spiro atoms. The van der Waals surface area contributed by atoms with Crippen LogP contribution in [0.25, 0.3) is 0 Å². The second-order valence-electron chi connectivity index (χ2n) is 8.84. The van der Waals surface area contributed by atoms with Crippen LogP contribution in [0.5, 0.6) is 0 Å². The number of benzene rings is 2. The second kappa shape index (κ2) is 9.55. The van der Waals surface area contributed by atoms with Crippen molar-refractivity contribution in [2.24, 2.45) is 0 Å². The summed E-state index contributed by atoms with van der Waals surface area (Å²) in [5.41, 5.74) is -3.63. The van der Waals surface area contributed by atoms with Crippen molar-refractivity contribution in [1.29, 1.82) is 0 Å². The van der Waals surface area contributed by atoms with Crippen LogP contribution in [0.3, 0.4) is 0 Å². The zero-order chi connectivity index (χ0) is 26.2. The van der Waals surface area contributed by atoms with Crippen LogP contribution in [0, 0.1) is 0 Å². The van der Waals surface area contributed by atoms with Gasteiger partial charge in [-0.3, -0.25) is 9.59 Å². The van der Waals surface area contributed by atoms with Gasteiger partial charge in [-0.05, 0) is 72.1 Å². The molecule has 0 unspecified atom stereocenters. The maximum atomic E-state index is 13.3. The number of hydrogen-bond donors (Lipinski definition) is 1. The Morgan fingerprint density at radius 3 is 2.35 bits per heavy atom. The van der Waals surface area contributed by atoms with E-state index in [0.29, 0.717) is 24.2 Å². The molecule has 1 N–H and O–H groups in total. The number of carbonyl (C=O) groups is 3. The average Bonchev–Trinajstić information content (AvgIpc) is 3.62. The number of alkyl halides is 3. The van der Waals surface area contributed by atoms with Gasteiger partial charge in [0.2, 0.25) is 5.91 Å². The number of urea groups is 1. The van der Waals surface area contributed by atoms with Gasteiger partial charge in [0.1, 0.15) is 11.4 Å². The number of aromatic nitrogens is 1. The molecule has 2 fully saturated rings. The minimum Gasteiger partial charge on any atom is -0.310 e. The normalized spacial score (nSPS) is 16.4. The lowest BCUT2D eigenvalue weighted by atomic mass is 10.1. The van der Waals surface area contributed by atoms with E-state index in [1.165, 1.54) is 35.4 Å². The highest BCUT2D eigenvalue weighted by Crippen LogP contribution is 2.50. The Bertz CT molecular complexity index is 1350. The lowest BCUT2D eigenvalue weighted by molar-refractivity contribution is -0.121. The molecule has 1 saturated heterocycles. The molecule has 0 atom stereocenters. The summed E-state index contributed by atoms with van der Waals surface area (Å²) in [5, 5.41) is 2.76. The van der Waals surface area contributed by atoms with E-state index in [1.54, 1.807) is 12.1 Å². The van der Waals surface area contributed by atoms with Gasteiger partial charge in [-0.15, -0.1) is 0 Å². The molecule has 7 nitrogen and oxygen atoms in total. The van der Waals surface area contributed by atoms with Gasteiger partial charge < -0.3 is 10.2 Å². The van der Waals surface area contributed by atoms with E-state index in [9.17, 15) is 27.6 Å². The van der Waals surface area contributed by atoms with Gasteiger partial charge in [-0.25, -0.2) is 14.7 Å². The highest BCUT2D eigenvalue weighted by atomic mass is 32.2. The number of rotatable bonds is 7. The summed E-state index contributed by atoms with van der Waals surface area (Å²) >= 11 is -0.261. The van der Waals surface area contributed by atoms with Crippen molar-refractivity contribution in [2.45, 2.75) is 41.7 Å². The summed E-state index contributed by atoms with van der Waals surface area (Å²) in [6.45, 7) is 0.118. The van der Waals surface area contributed by atoms with E-state index in [0.717, 1.165) is 10.5 Å². The van der Waals surface area contributed by atoms with E-state index < -0.39 is 17.1 Å². The zero-order valence-electron chi connectivity index (χ0n) is 19.4. The molecular weight excluding hydrogens is 505 g/mol. The molecule has 1 aliphatic carbocycles. The van der Waals surface area contributed by atoms with Crippen LogP contribution in [0.1, 0.15) is 24.0 Å². The first-order valence-electron chi connectivity index (χ1n) is 11.5. The maximum absolute atomic E-state index is 13.3. The third-order valence-electron chi connectivity index (χ3n) is 6.23. The minimum atomic E-state index is -4.43. The minimum absolute atomic E-state index is 0.0352. The van der Waals surface area contributed by atoms with E-state index in [4.69, 9.17) is 0 Å². The lowest BCUT2D eigenvalue weighted by Gasteiger charge is -2.21. The largest absolute Gasteiger partial charge is 0.446 e. The van der Waals surface area contributed by atoms with Crippen molar-refractivity contribution in [2.75, 3.05) is 10.2 Å². The molecule has 1 aliphatic heterocycles. The maximum Gasteiger partial charge on any atom is 0.446 e. The number of amides is 4. The van der Waals surface area contributed by atoms with Crippen LogP contribution in [-0.4, -0.2) is 38.8 Å². The Hall–Kier alpha value is -3.86. The summed E-state index contributed by atoms with van der Waals surface area (Å²) in [6, 6.07) is 17.3. The van der Waals surface area contributed by atoms with Crippen molar-refractivity contribution in [3.8, 4) is 0 Å². The van der Waals surface area contributed by atoms with Crippen LogP contribution in [-0.2, 0) is 22.6 Å². The Morgan fingerprint density at radius 2 is 1.70 bits per heavy atom. The van der Waals surface area contributed by atoms with Gasteiger partial charge in [-0.1, -0.05) is 30.3 Å². The van der Waals surface area contributed by atoms with Gasteiger partial charge in [0.05, 0.1) is 12.1 Å². The average molecular weight is 527 g/mol. The summed E-state index contributed by atoms with van der Waals surface area (Å²) < 4.78 is 37.9. The number of imide groups is 1. The number of thioether (sulfide) groups is 1. The Kier molecular flexibility index (Phi) is 6.40. The predicted octanol–water partition coefficient (Wildman–Crippen LogP) is 5.38. The second-order valence-corrected chi connectivity index (χ2v) is 9.98. The molecule has 4 amide bonds. The molecule has 5 rings (SSSR count). The van der Waals surface area contributed by atoms with E-state index in [2.05, 4.69) is 10.3 Å². The molecule has 11 heteroatoms. The molecule has 1 aromatic heterocycles. The standard InChI is InChI=1S/C26H21F3N4O3S/c27-26(28,29)37-20-8-6-19(7-9-20)33-23(35)25(11-12-25)32(24(33)36)16-18-10-13-30-21(14-18)31-22(34)15-17-4-2-1-3-5-17/h1-10,13-14H,11-12,15-16H2,(H,30,31,34). The molecule has 0 radical (unpaired) electrons. The number of nitrogens with one attached hydrogen (secondary N) is 1. The third-order valence-corrected chi connectivity index (χ3v) is 6.97. The van der Waals surface area contributed by atoms with Gasteiger partial charge in [0, 0.05) is 17.6 Å². The summed E-state index contributed by atoms with van der Waals surface area (Å²) in [7, 11) is 0. The number of anilines is 2. The van der Waals surface area contributed by atoms with Crippen molar-refractivity contribution in [3.05, 3.63) is 84.1 Å². The molecule has 37 heavy (non-hydrogen) atoms. The Morgan fingerprint density at radius 1 is 1.00 bits per heavy atom. The van der Waals surface area contributed by atoms with Crippen LogP contribution >= 0.6 is 11.8 Å². The molecule has 3 aromatic rings. The van der Waals surface area contributed by atoms with Crippen LogP contribution in [0.2, 0.25) is 0 Å². The van der Waals surface area contributed by atoms with Gasteiger partial charge in [0.15, 0.2) is 0 Å². The molecule has 2 heterocycles. The number of pyridine rings is 1. The van der Waals surface area contributed by atoms with Gasteiger partial charge in [-0.2, -0.15) is 13.2 Å². The fourth-order valence-electron chi connectivity index (χ4n) is 4.35.